The van der Waals surface area contributed by atoms with E-state index in [-0.39, 0.29) is 29.8 Å². The van der Waals surface area contributed by atoms with Crippen LogP contribution in [0.5, 0.6) is 0 Å². The van der Waals surface area contributed by atoms with E-state index in [4.69, 9.17) is 0 Å². The maximum absolute atomic E-state index is 13.9. The van der Waals surface area contributed by atoms with Gasteiger partial charge < -0.3 is 15.5 Å². The van der Waals surface area contributed by atoms with Crippen molar-refractivity contribution in [3.8, 4) is 0 Å². The molecule has 8 heteroatoms. The van der Waals surface area contributed by atoms with E-state index in [2.05, 4.69) is 15.5 Å². The van der Waals surface area contributed by atoms with Gasteiger partial charge in [0.15, 0.2) is 0 Å². The average Bonchev–Trinajstić information content (AvgIpc) is 3.16. The minimum absolute atomic E-state index is 0. The largest absolute Gasteiger partial charge is 0.340 e. The third-order valence-corrected chi connectivity index (χ3v) is 5.48. The molecule has 2 saturated heterocycles. The van der Waals surface area contributed by atoms with Crippen LogP contribution in [-0.2, 0) is 4.79 Å². The molecular weight excluding hydrogens is 383 g/mol. The fourth-order valence-corrected chi connectivity index (χ4v) is 3.86. The first-order valence-corrected chi connectivity index (χ1v) is 9.76. The number of carbonyl (C=O) groups is 2. The average molecular weight is 413 g/mol. The topological polar surface area (TPSA) is 64.7 Å². The highest BCUT2D eigenvalue weighted by molar-refractivity contribution is 5.97. The van der Waals surface area contributed by atoms with Crippen molar-refractivity contribution in [1.82, 2.24) is 20.4 Å². The van der Waals surface area contributed by atoms with Gasteiger partial charge in [-0.2, -0.15) is 0 Å². The van der Waals surface area contributed by atoms with Crippen LogP contribution < -0.4 is 10.6 Å². The summed E-state index contributed by atoms with van der Waals surface area (Å²) in [5.41, 5.74) is -0.0314. The van der Waals surface area contributed by atoms with Gasteiger partial charge in [-0.1, -0.05) is 26.0 Å². The highest BCUT2D eigenvalue weighted by atomic mass is 35.5. The first-order valence-electron chi connectivity index (χ1n) is 9.76. The summed E-state index contributed by atoms with van der Waals surface area (Å²) in [6, 6.07) is 5.56. The summed E-state index contributed by atoms with van der Waals surface area (Å²) in [4.78, 5) is 29.8. The van der Waals surface area contributed by atoms with E-state index in [0.29, 0.717) is 19.1 Å². The fourth-order valence-electron chi connectivity index (χ4n) is 3.86. The van der Waals surface area contributed by atoms with Gasteiger partial charge in [0.25, 0.3) is 5.91 Å². The van der Waals surface area contributed by atoms with E-state index in [1.165, 1.54) is 18.2 Å². The third-order valence-electron chi connectivity index (χ3n) is 5.48. The summed E-state index contributed by atoms with van der Waals surface area (Å²) in [6.07, 6.45) is 0.956. The van der Waals surface area contributed by atoms with Gasteiger partial charge >= 0.3 is 0 Å². The summed E-state index contributed by atoms with van der Waals surface area (Å²) in [5.74, 6) is -1.28. The Kier molecular flexibility index (Phi) is 8.22. The van der Waals surface area contributed by atoms with E-state index in [1.807, 2.05) is 18.7 Å². The van der Waals surface area contributed by atoms with Gasteiger partial charge in [0.1, 0.15) is 11.9 Å². The summed E-state index contributed by atoms with van der Waals surface area (Å²) < 4.78 is 13.9. The SMILES string of the molecule is CC(C)C(NC(=O)c1ccccc1F)C(=O)N1CCC(N2CCNCC2)C1.Cl. The molecule has 0 aliphatic carbocycles. The Hall–Kier alpha value is -1.70. The quantitative estimate of drug-likeness (QED) is 0.769. The lowest BCUT2D eigenvalue weighted by Gasteiger charge is -2.33. The number of nitrogens with one attached hydrogen (secondary N) is 2. The van der Waals surface area contributed by atoms with Crippen LogP contribution in [0.2, 0.25) is 0 Å². The molecule has 28 heavy (non-hydrogen) atoms. The molecule has 2 aliphatic rings. The van der Waals surface area contributed by atoms with E-state index in [1.54, 1.807) is 6.07 Å². The number of benzene rings is 1. The molecule has 0 radical (unpaired) electrons. The molecule has 2 amide bonds. The normalized spacial score (nSPS) is 21.3. The highest BCUT2D eigenvalue weighted by Gasteiger charge is 2.35. The summed E-state index contributed by atoms with van der Waals surface area (Å²) in [6.45, 7) is 9.16. The van der Waals surface area contributed by atoms with Gasteiger partial charge in [0.2, 0.25) is 5.91 Å². The highest BCUT2D eigenvalue weighted by Crippen LogP contribution is 2.19. The summed E-state index contributed by atoms with van der Waals surface area (Å²) in [5, 5.41) is 6.10. The third kappa shape index (κ3) is 5.21. The lowest BCUT2D eigenvalue weighted by atomic mass is 10.0. The number of amides is 2. The molecule has 156 valence electrons. The minimum atomic E-state index is -0.654. The number of carbonyl (C=O) groups excluding carboxylic acids is 2. The van der Waals surface area contributed by atoms with Crippen molar-refractivity contribution in [2.45, 2.75) is 32.4 Å². The zero-order valence-corrected chi connectivity index (χ0v) is 17.3. The zero-order chi connectivity index (χ0) is 19.4. The number of likely N-dealkylation sites (tertiary alicyclic amines) is 1. The van der Waals surface area contributed by atoms with Crippen LogP contribution in [0.15, 0.2) is 24.3 Å². The molecule has 1 aromatic rings. The molecule has 0 aromatic heterocycles. The minimum Gasteiger partial charge on any atom is -0.340 e. The van der Waals surface area contributed by atoms with Crippen molar-refractivity contribution in [1.29, 1.82) is 0 Å². The first kappa shape index (κ1) is 22.6. The molecular formula is C20H30ClFN4O2. The lowest BCUT2D eigenvalue weighted by molar-refractivity contribution is -0.133. The monoisotopic (exact) mass is 412 g/mol. The van der Waals surface area contributed by atoms with Gasteiger partial charge in [-0.05, 0) is 24.5 Å². The van der Waals surface area contributed by atoms with Crippen molar-refractivity contribution < 1.29 is 14.0 Å². The fraction of sp³-hybridized carbons (Fsp3) is 0.600. The Morgan fingerprint density at radius 2 is 1.86 bits per heavy atom. The molecule has 2 aliphatic heterocycles. The van der Waals surface area contributed by atoms with Crippen LogP contribution >= 0.6 is 12.4 Å². The molecule has 2 unspecified atom stereocenters. The van der Waals surface area contributed by atoms with E-state index >= 15 is 0 Å². The molecule has 2 atom stereocenters. The second kappa shape index (κ2) is 10.2. The van der Waals surface area contributed by atoms with Crippen LogP contribution in [0.1, 0.15) is 30.6 Å². The van der Waals surface area contributed by atoms with Crippen LogP contribution in [0.4, 0.5) is 4.39 Å². The number of rotatable bonds is 5. The molecule has 0 saturated carbocycles. The number of hydrogen-bond acceptors (Lipinski definition) is 4. The van der Waals surface area contributed by atoms with Gasteiger partial charge in [0, 0.05) is 45.3 Å². The van der Waals surface area contributed by atoms with Crippen molar-refractivity contribution >= 4 is 24.2 Å². The number of piperazine rings is 1. The van der Waals surface area contributed by atoms with Crippen LogP contribution in [0.25, 0.3) is 0 Å². The lowest BCUT2D eigenvalue weighted by Crippen LogP contribution is -2.52. The number of hydrogen-bond donors (Lipinski definition) is 2. The second-order valence-electron chi connectivity index (χ2n) is 7.69. The van der Waals surface area contributed by atoms with E-state index < -0.39 is 17.8 Å². The van der Waals surface area contributed by atoms with Crippen molar-refractivity contribution in [2.75, 3.05) is 39.3 Å². The van der Waals surface area contributed by atoms with Crippen molar-refractivity contribution in [3.63, 3.8) is 0 Å². The maximum Gasteiger partial charge on any atom is 0.254 e. The molecule has 2 N–H and O–H groups in total. The second-order valence-corrected chi connectivity index (χ2v) is 7.69. The maximum atomic E-state index is 13.9. The molecule has 3 rings (SSSR count). The van der Waals surface area contributed by atoms with Gasteiger partial charge in [-0.3, -0.25) is 14.5 Å². The van der Waals surface area contributed by atoms with Gasteiger partial charge in [0.05, 0.1) is 5.56 Å². The predicted molar refractivity (Wildman–Crippen MR) is 109 cm³/mol. The molecule has 0 spiro atoms. The van der Waals surface area contributed by atoms with Gasteiger partial charge in [-0.15, -0.1) is 12.4 Å². The van der Waals surface area contributed by atoms with Crippen molar-refractivity contribution in [2.24, 2.45) is 5.92 Å². The predicted octanol–water partition coefficient (Wildman–Crippen LogP) is 1.51. The Labute approximate surface area is 172 Å². The van der Waals surface area contributed by atoms with Crippen LogP contribution in [-0.4, -0.2) is 73.0 Å². The summed E-state index contributed by atoms with van der Waals surface area (Å²) in [7, 11) is 0. The molecule has 1 aromatic carbocycles. The number of nitrogens with zero attached hydrogens (tertiary/aromatic N) is 2. The Morgan fingerprint density at radius 1 is 1.18 bits per heavy atom. The Morgan fingerprint density at radius 3 is 2.50 bits per heavy atom. The Bertz CT molecular complexity index is 682. The van der Waals surface area contributed by atoms with Crippen LogP contribution in [0, 0.1) is 11.7 Å². The molecule has 2 heterocycles. The molecule has 0 bridgehead atoms. The van der Waals surface area contributed by atoms with Crippen molar-refractivity contribution in [3.05, 3.63) is 35.6 Å². The molecule has 2 fully saturated rings. The number of halogens is 2. The van der Waals surface area contributed by atoms with E-state index in [9.17, 15) is 14.0 Å². The standard InChI is InChI=1S/C20H29FN4O2.ClH/c1-14(2)18(23-19(26)16-5-3-4-6-17(16)21)20(27)25-10-7-15(13-25)24-11-8-22-9-12-24;/h3-6,14-15,18,22H,7-13H2,1-2H3,(H,23,26);1H. The molecule has 6 nitrogen and oxygen atoms in total. The summed E-state index contributed by atoms with van der Waals surface area (Å²) >= 11 is 0. The Balaban J connectivity index is 0.00000280. The first-order chi connectivity index (χ1) is 13.0. The van der Waals surface area contributed by atoms with Gasteiger partial charge in [-0.25, -0.2) is 4.39 Å². The smallest absolute Gasteiger partial charge is 0.254 e. The zero-order valence-electron chi connectivity index (χ0n) is 16.5. The van der Waals surface area contributed by atoms with E-state index in [0.717, 1.165) is 32.6 Å². The van der Waals surface area contributed by atoms with Crippen LogP contribution in [0.3, 0.4) is 0 Å².